The first-order valence-corrected chi connectivity index (χ1v) is 8.52. The van der Waals surface area contributed by atoms with E-state index in [0.29, 0.717) is 0 Å². The highest BCUT2D eigenvalue weighted by Gasteiger charge is 2.50. The minimum atomic E-state index is 0.244. The van der Waals surface area contributed by atoms with Crippen molar-refractivity contribution in [2.45, 2.75) is 76.2 Å². The molecule has 0 aliphatic heterocycles. The summed E-state index contributed by atoms with van der Waals surface area (Å²) in [7, 11) is 0. The Bertz CT molecular complexity index is 350. The Hall–Kier alpha value is -0.860. The fraction of sp³-hybridized carbons (Fsp3) is 0.882. The lowest BCUT2D eigenvalue weighted by Crippen LogP contribution is -2.50. The van der Waals surface area contributed by atoms with Gasteiger partial charge in [0.25, 0.3) is 0 Å². The van der Waals surface area contributed by atoms with Crippen LogP contribution in [0, 0.1) is 23.2 Å². The van der Waals surface area contributed by atoms with Gasteiger partial charge in [0.05, 0.1) is 11.4 Å². The topological polar surface area (TPSA) is 62.2 Å². The molecule has 112 valence electrons. The van der Waals surface area contributed by atoms with Crippen molar-refractivity contribution in [2.75, 3.05) is 0 Å². The molecule has 4 bridgehead atoms. The summed E-state index contributed by atoms with van der Waals surface area (Å²) in [5.41, 5.74) is 6.46. The first kappa shape index (κ1) is 14.1. The van der Waals surface area contributed by atoms with E-state index < -0.39 is 0 Å². The van der Waals surface area contributed by atoms with Crippen LogP contribution in [-0.4, -0.2) is 17.6 Å². The Kier molecular flexibility index (Phi) is 4.13. The van der Waals surface area contributed by atoms with Crippen LogP contribution in [0.4, 0.5) is 0 Å². The van der Waals surface area contributed by atoms with Crippen LogP contribution in [-0.2, 0) is 0 Å². The van der Waals surface area contributed by atoms with Gasteiger partial charge in [-0.1, -0.05) is 6.42 Å². The molecule has 0 aromatic rings. The molecule has 3 nitrogen and oxygen atoms in total. The van der Waals surface area contributed by atoms with E-state index in [1.165, 1.54) is 51.2 Å². The molecule has 0 saturated heterocycles. The largest absolute Gasteiger partial charge is 0.387 e. The number of amidine groups is 1. The lowest BCUT2D eigenvalue weighted by Gasteiger charge is -2.55. The molecule has 0 aromatic heterocycles. The standard InChI is InChI=1S/C17H29N3/c18-6-4-2-1-3-5-16(19)20-17-10-13-7-14(11-17)9-15(8-13)12-17/h6,13-15,18H,1-5,7-12H2,(H2,19,20). The first-order valence-electron chi connectivity index (χ1n) is 8.52. The molecule has 0 spiro atoms. The molecule has 0 radical (unpaired) electrons. The van der Waals surface area contributed by atoms with Crippen LogP contribution in [0.2, 0.25) is 0 Å². The fourth-order valence-electron chi connectivity index (χ4n) is 5.29. The molecule has 0 aromatic carbocycles. The summed E-state index contributed by atoms with van der Waals surface area (Å²) in [6, 6.07) is 0. The average molecular weight is 275 g/mol. The maximum absolute atomic E-state index is 7.02. The van der Waals surface area contributed by atoms with Crippen LogP contribution in [0.25, 0.3) is 0 Å². The second-order valence-corrected chi connectivity index (χ2v) is 7.55. The molecule has 0 atom stereocenters. The molecule has 3 N–H and O–H groups in total. The highest BCUT2D eigenvalue weighted by Crippen LogP contribution is 2.57. The van der Waals surface area contributed by atoms with E-state index in [1.54, 1.807) is 0 Å². The molecule has 3 heteroatoms. The summed E-state index contributed by atoms with van der Waals surface area (Å²) in [6.07, 6.45) is 15.2. The maximum atomic E-state index is 7.02. The van der Waals surface area contributed by atoms with Crippen LogP contribution in [0.15, 0.2) is 4.99 Å². The Morgan fingerprint density at radius 3 is 2.20 bits per heavy atom. The molecule has 4 aliphatic rings. The Morgan fingerprint density at radius 1 is 1.05 bits per heavy atom. The van der Waals surface area contributed by atoms with Gasteiger partial charge >= 0.3 is 0 Å². The number of hydrogen-bond donors (Lipinski definition) is 2. The van der Waals surface area contributed by atoms with Crippen LogP contribution < -0.4 is 5.73 Å². The van der Waals surface area contributed by atoms with Crippen molar-refractivity contribution in [3.05, 3.63) is 0 Å². The second-order valence-electron chi connectivity index (χ2n) is 7.55. The molecule has 20 heavy (non-hydrogen) atoms. The van der Waals surface area contributed by atoms with Crippen LogP contribution >= 0.6 is 0 Å². The van der Waals surface area contributed by atoms with Crippen molar-refractivity contribution in [3.8, 4) is 0 Å². The number of nitrogens with two attached hydrogens (primary N) is 1. The summed E-state index contributed by atoms with van der Waals surface area (Å²) >= 11 is 0. The fourth-order valence-corrected chi connectivity index (χ4v) is 5.29. The zero-order valence-electron chi connectivity index (χ0n) is 12.6. The van der Waals surface area contributed by atoms with Gasteiger partial charge in [0.1, 0.15) is 0 Å². The summed E-state index contributed by atoms with van der Waals surface area (Å²) in [4.78, 5) is 5.04. The van der Waals surface area contributed by atoms with Gasteiger partial charge in [0.15, 0.2) is 0 Å². The molecule has 0 unspecified atom stereocenters. The van der Waals surface area contributed by atoms with Gasteiger partial charge in [-0.25, -0.2) is 0 Å². The van der Waals surface area contributed by atoms with Crippen LogP contribution in [0.3, 0.4) is 0 Å². The SMILES string of the molecule is N=CCCCCCC(N)=NC12CC3CC(CC(C3)C1)C2. The van der Waals surface area contributed by atoms with E-state index >= 15 is 0 Å². The highest BCUT2D eigenvalue weighted by molar-refractivity contribution is 5.80. The predicted octanol–water partition coefficient (Wildman–Crippen LogP) is 3.91. The van der Waals surface area contributed by atoms with Crippen molar-refractivity contribution in [3.63, 3.8) is 0 Å². The van der Waals surface area contributed by atoms with Gasteiger partial charge in [-0.3, -0.25) is 4.99 Å². The molecule has 4 fully saturated rings. The minimum Gasteiger partial charge on any atom is -0.387 e. The predicted molar refractivity (Wildman–Crippen MR) is 84.4 cm³/mol. The molecular formula is C17H29N3. The normalized spacial score (nSPS) is 39.2. The van der Waals surface area contributed by atoms with Crippen molar-refractivity contribution in [1.82, 2.24) is 0 Å². The van der Waals surface area contributed by atoms with Gasteiger partial charge in [0.2, 0.25) is 0 Å². The third kappa shape index (κ3) is 3.07. The van der Waals surface area contributed by atoms with E-state index in [2.05, 4.69) is 0 Å². The Morgan fingerprint density at radius 2 is 1.65 bits per heavy atom. The number of rotatable bonds is 7. The van der Waals surface area contributed by atoms with E-state index in [9.17, 15) is 0 Å². The smallest absolute Gasteiger partial charge is 0.0943 e. The molecule has 0 heterocycles. The quantitative estimate of drug-likeness (QED) is 0.413. The number of nitrogens with zero attached hydrogens (tertiary/aromatic N) is 1. The Labute approximate surface area is 122 Å². The minimum absolute atomic E-state index is 0.244. The molecule has 4 aliphatic carbocycles. The summed E-state index contributed by atoms with van der Waals surface area (Å²) < 4.78 is 0. The number of nitrogens with one attached hydrogen (secondary N) is 1. The number of hydrogen-bond acceptors (Lipinski definition) is 2. The molecular weight excluding hydrogens is 246 g/mol. The van der Waals surface area contributed by atoms with E-state index in [-0.39, 0.29) is 5.54 Å². The average Bonchev–Trinajstić information content (AvgIpc) is 2.36. The lowest BCUT2D eigenvalue weighted by atomic mass is 9.53. The molecule has 4 saturated carbocycles. The van der Waals surface area contributed by atoms with E-state index in [1.807, 2.05) is 0 Å². The Balaban J connectivity index is 1.53. The van der Waals surface area contributed by atoms with Crippen molar-refractivity contribution in [2.24, 2.45) is 28.5 Å². The third-order valence-corrected chi connectivity index (χ3v) is 5.67. The summed E-state index contributed by atoms with van der Waals surface area (Å²) in [5.74, 6) is 3.75. The van der Waals surface area contributed by atoms with Gasteiger partial charge in [-0.05, 0) is 81.8 Å². The van der Waals surface area contributed by atoms with Crippen LogP contribution in [0.1, 0.15) is 70.6 Å². The lowest BCUT2D eigenvalue weighted by molar-refractivity contribution is 0.00153. The van der Waals surface area contributed by atoms with Gasteiger partial charge in [-0.15, -0.1) is 0 Å². The maximum Gasteiger partial charge on any atom is 0.0943 e. The van der Waals surface area contributed by atoms with Gasteiger partial charge in [-0.2, -0.15) is 0 Å². The number of unbranched alkanes of at least 4 members (excludes halogenated alkanes) is 3. The summed E-state index contributed by atoms with van der Waals surface area (Å²) in [6.45, 7) is 0. The van der Waals surface area contributed by atoms with Crippen LogP contribution in [0.5, 0.6) is 0 Å². The second kappa shape index (κ2) is 5.87. The molecule has 0 amide bonds. The summed E-state index contributed by atoms with van der Waals surface area (Å²) in [5, 5.41) is 7.02. The third-order valence-electron chi connectivity index (χ3n) is 5.67. The van der Waals surface area contributed by atoms with E-state index in [4.69, 9.17) is 16.1 Å². The van der Waals surface area contributed by atoms with Crippen molar-refractivity contribution in [1.29, 1.82) is 5.41 Å². The van der Waals surface area contributed by atoms with Crippen molar-refractivity contribution < 1.29 is 0 Å². The van der Waals surface area contributed by atoms with Gasteiger partial charge < -0.3 is 11.1 Å². The zero-order chi connectivity index (χ0) is 14.0. The van der Waals surface area contributed by atoms with E-state index in [0.717, 1.165) is 49.3 Å². The highest BCUT2D eigenvalue weighted by atomic mass is 15.0. The monoisotopic (exact) mass is 275 g/mol. The first-order chi connectivity index (χ1) is 9.69. The van der Waals surface area contributed by atoms with Crippen molar-refractivity contribution >= 4 is 12.1 Å². The molecule has 4 rings (SSSR count). The number of aliphatic imine (C=N–C) groups is 1. The zero-order valence-corrected chi connectivity index (χ0v) is 12.6. The van der Waals surface area contributed by atoms with Gasteiger partial charge in [0, 0.05) is 6.42 Å².